The molecule has 0 aromatic carbocycles. The second kappa shape index (κ2) is 20.9. The van der Waals surface area contributed by atoms with Gasteiger partial charge in [-0.1, -0.05) is 39.5 Å². The van der Waals surface area contributed by atoms with E-state index in [0.717, 1.165) is 38.5 Å². The van der Waals surface area contributed by atoms with Crippen LogP contribution in [0.3, 0.4) is 0 Å². The smallest absolute Gasteiger partial charge is 0.566 e. The van der Waals surface area contributed by atoms with Crippen molar-refractivity contribution in [1.82, 2.24) is 0 Å². The van der Waals surface area contributed by atoms with Gasteiger partial charge in [0.15, 0.2) is 0 Å². The number of hydrogen-bond acceptors (Lipinski definition) is 6. The van der Waals surface area contributed by atoms with Crippen molar-refractivity contribution in [2.75, 3.05) is 13.2 Å². The van der Waals surface area contributed by atoms with Gasteiger partial charge in [-0.15, -0.1) is 9.05 Å². The largest absolute Gasteiger partial charge is 2.00 e. The van der Waals surface area contributed by atoms with Crippen LogP contribution in [0.15, 0.2) is 0 Å². The van der Waals surface area contributed by atoms with E-state index in [0.29, 0.717) is 13.2 Å². The van der Waals surface area contributed by atoms with E-state index >= 15 is 0 Å². The van der Waals surface area contributed by atoms with Crippen LogP contribution in [0.1, 0.15) is 52.4 Å². The van der Waals surface area contributed by atoms with Gasteiger partial charge in [-0.2, -0.15) is 0 Å². The minimum absolute atomic E-state index is 0. The van der Waals surface area contributed by atoms with Crippen LogP contribution in [0.25, 0.3) is 0 Å². The zero-order chi connectivity index (χ0) is 14.2. The quantitative estimate of drug-likeness (QED) is 0.336. The Morgan fingerprint density at radius 3 is 1.32 bits per heavy atom. The fraction of sp³-hybridized carbons (Fsp3) is 1.00. The van der Waals surface area contributed by atoms with E-state index in [2.05, 4.69) is 22.9 Å². The first-order valence-corrected chi connectivity index (χ1v) is 8.28. The van der Waals surface area contributed by atoms with Gasteiger partial charge < -0.3 is 9.79 Å². The molecule has 6 nitrogen and oxygen atoms in total. The molecule has 1 radical (unpaired) electrons. The average Bonchev–Trinajstić information content (AvgIpc) is 2.31. The van der Waals surface area contributed by atoms with E-state index in [1.54, 1.807) is 0 Å². The third kappa shape index (κ3) is 32.3. The summed E-state index contributed by atoms with van der Waals surface area (Å²) in [7, 11) is -5.23. The van der Waals surface area contributed by atoms with Gasteiger partial charge >= 0.3 is 33.6 Å². The van der Waals surface area contributed by atoms with Gasteiger partial charge in [0.2, 0.25) is 0 Å². The van der Waals surface area contributed by atoms with Gasteiger partial charge in [-0.05, 0) is 22.0 Å². The standard InChI is InChI=1S/2C5H11O3P.Cu/c2*1-2-3-4-5-8-9(6)7;/h2*2-5H2,1H3;/q;;+2. The van der Waals surface area contributed by atoms with Crippen LogP contribution in [-0.2, 0) is 35.2 Å². The molecule has 0 rings (SSSR count). The summed E-state index contributed by atoms with van der Waals surface area (Å²) >= 11 is 0. The third-order valence-corrected chi connectivity index (χ3v) is 2.68. The van der Waals surface area contributed by atoms with Crippen LogP contribution in [0.4, 0.5) is 0 Å². The summed E-state index contributed by atoms with van der Waals surface area (Å²) < 4.78 is 28.1. The van der Waals surface area contributed by atoms with Crippen molar-refractivity contribution in [3.05, 3.63) is 0 Å². The van der Waals surface area contributed by atoms with E-state index < -0.39 is 16.5 Å². The molecule has 2 atom stereocenters. The molecule has 117 valence electrons. The van der Waals surface area contributed by atoms with Gasteiger partial charge in [0.25, 0.3) is 0 Å². The van der Waals surface area contributed by atoms with E-state index in [1.165, 1.54) is 0 Å². The molecular formula is C10H22CuO6P2+2. The summed E-state index contributed by atoms with van der Waals surface area (Å²) in [6, 6.07) is 0. The van der Waals surface area contributed by atoms with Gasteiger partial charge in [-0.3, -0.25) is 0 Å². The monoisotopic (exact) mass is 363 g/mol. The zero-order valence-electron chi connectivity index (χ0n) is 11.3. The van der Waals surface area contributed by atoms with E-state index in [-0.39, 0.29) is 17.1 Å². The summed E-state index contributed by atoms with van der Waals surface area (Å²) in [5, 5.41) is 0. The SMILES string of the molecule is CCCCCO[P+](=O)[O-].CCCCCO[P+](=O)[O-].[Cu+2]. The first-order valence-electron chi connectivity index (χ1n) is 6.09. The van der Waals surface area contributed by atoms with Crippen LogP contribution in [0.2, 0.25) is 0 Å². The first kappa shape index (κ1) is 24.6. The van der Waals surface area contributed by atoms with Gasteiger partial charge in [0.1, 0.15) is 13.2 Å². The van der Waals surface area contributed by atoms with Crippen molar-refractivity contribution in [2.24, 2.45) is 0 Å². The van der Waals surface area contributed by atoms with Crippen LogP contribution >= 0.6 is 16.5 Å². The molecule has 0 aliphatic carbocycles. The van der Waals surface area contributed by atoms with Crippen LogP contribution < -0.4 is 9.79 Å². The van der Waals surface area contributed by atoms with E-state index in [9.17, 15) is 18.9 Å². The molecule has 0 aromatic heterocycles. The minimum atomic E-state index is -2.62. The van der Waals surface area contributed by atoms with Crippen LogP contribution in [0.5, 0.6) is 0 Å². The normalized spacial score (nSPS) is 10.9. The Bertz CT molecular complexity index is 196. The van der Waals surface area contributed by atoms with E-state index in [1.807, 2.05) is 0 Å². The fourth-order valence-electron chi connectivity index (χ4n) is 0.982. The maximum atomic E-state index is 9.78. The van der Waals surface area contributed by atoms with Gasteiger partial charge in [0.05, 0.1) is 0 Å². The Labute approximate surface area is 127 Å². The predicted molar refractivity (Wildman–Crippen MR) is 66.2 cm³/mol. The molecule has 9 heteroatoms. The molecule has 0 aliphatic heterocycles. The summed E-state index contributed by atoms with van der Waals surface area (Å²) in [4.78, 5) is 19.6. The number of hydrogen-bond donors (Lipinski definition) is 0. The molecule has 0 amide bonds. The molecule has 0 saturated heterocycles. The summed E-state index contributed by atoms with van der Waals surface area (Å²) in [5.74, 6) is 0. The fourth-order valence-corrected chi connectivity index (χ4v) is 1.54. The Kier molecular flexibility index (Phi) is 27.0. The average molecular weight is 364 g/mol. The van der Waals surface area contributed by atoms with Crippen molar-refractivity contribution in [2.45, 2.75) is 52.4 Å². The minimum Gasteiger partial charge on any atom is -0.566 e. The third-order valence-electron chi connectivity index (χ3n) is 1.89. The summed E-state index contributed by atoms with van der Waals surface area (Å²) in [6.07, 6.45) is 5.89. The van der Waals surface area contributed by atoms with Gasteiger partial charge in [-0.25, -0.2) is 0 Å². The Balaban J connectivity index is -0.000000256. The second-order valence-corrected chi connectivity index (χ2v) is 4.94. The molecule has 0 aliphatic rings. The molecule has 0 N–H and O–H groups in total. The van der Waals surface area contributed by atoms with Crippen LogP contribution in [0, 0.1) is 0 Å². The molecule has 0 saturated carbocycles. The predicted octanol–water partition coefficient (Wildman–Crippen LogP) is 2.42. The molecule has 0 heterocycles. The molecule has 0 spiro atoms. The van der Waals surface area contributed by atoms with Crippen molar-refractivity contribution in [3.8, 4) is 0 Å². The molecule has 2 unspecified atom stereocenters. The second-order valence-electron chi connectivity index (χ2n) is 3.53. The van der Waals surface area contributed by atoms with Crippen molar-refractivity contribution < 1.29 is 45.0 Å². The van der Waals surface area contributed by atoms with Crippen LogP contribution in [-0.4, -0.2) is 13.2 Å². The Morgan fingerprint density at radius 1 is 0.789 bits per heavy atom. The van der Waals surface area contributed by atoms with Gasteiger partial charge in [0, 0.05) is 0 Å². The molecule has 0 aromatic rings. The molecular weight excluding hydrogens is 342 g/mol. The van der Waals surface area contributed by atoms with Crippen molar-refractivity contribution >= 4 is 16.5 Å². The molecule has 19 heavy (non-hydrogen) atoms. The summed E-state index contributed by atoms with van der Waals surface area (Å²) in [5.41, 5.74) is 0. The summed E-state index contributed by atoms with van der Waals surface area (Å²) in [6.45, 7) is 4.79. The maximum absolute atomic E-state index is 9.78. The molecule has 0 fully saturated rings. The number of rotatable bonds is 10. The topological polar surface area (TPSA) is 98.7 Å². The Morgan fingerprint density at radius 2 is 1.11 bits per heavy atom. The maximum Gasteiger partial charge on any atom is 2.00 e. The zero-order valence-corrected chi connectivity index (χ0v) is 14.0. The van der Waals surface area contributed by atoms with E-state index in [4.69, 9.17) is 0 Å². The Hall–Kier alpha value is 0.559. The van der Waals surface area contributed by atoms with Crippen molar-refractivity contribution in [1.29, 1.82) is 0 Å². The number of unbranched alkanes of at least 4 members (excludes halogenated alkanes) is 4. The molecule has 0 bridgehead atoms. The van der Waals surface area contributed by atoms with Crippen molar-refractivity contribution in [3.63, 3.8) is 0 Å². The first-order chi connectivity index (χ1) is 8.54.